The zero-order valence-electron chi connectivity index (χ0n) is 18.5. The van der Waals surface area contributed by atoms with Gasteiger partial charge in [-0.2, -0.15) is 0 Å². The van der Waals surface area contributed by atoms with Gasteiger partial charge in [-0.25, -0.2) is 8.42 Å². The van der Waals surface area contributed by atoms with Crippen LogP contribution in [-0.2, 0) is 14.8 Å². The van der Waals surface area contributed by atoms with Crippen molar-refractivity contribution in [1.82, 2.24) is 10.2 Å². The van der Waals surface area contributed by atoms with Crippen molar-refractivity contribution in [2.45, 2.75) is 37.6 Å². The molecular weight excluding hydrogens is 430 g/mol. The Morgan fingerprint density at radius 3 is 2.50 bits per heavy atom. The van der Waals surface area contributed by atoms with Crippen LogP contribution in [0.4, 0.5) is 5.69 Å². The van der Waals surface area contributed by atoms with Gasteiger partial charge in [-0.3, -0.25) is 14.3 Å². The molecule has 2 N–H and O–H groups in total. The Morgan fingerprint density at radius 1 is 1.12 bits per heavy atom. The molecule has 2 aromatic carbocycles. The summed E-state index contributed by atoms with van der Waals surface area (Å²) in [4.78, 5) is 27.0. The van der Waals surface area contributed by atoms with E-state index in [2.05, 4.69) is 10.0 Å². The molecule has 0 aromatic heterocycles. The van der Waals surface area contributed by atoms with Crippen LogP contribution in [0.1, 0.15) is 37.0 Å². The quantitative estimate of drug-likeness (QED) is 0.663. The Bertz CT molecular complexity index is 1070. The molecule has 1 aliphatic rings. The lowest BCUT2D eigenvalue weighted by Gasteiger charge is -2.32. The monoisotopic (exact) mass is 459 g/mol. The molecule has 9 heteroatoms. The second kappa shape index (κ2) is 10.0. The van der Waals surface area contributed by atoms with E-state index in [4.69, 9.17) is 4.74 Å². The SMILES string of the molecule is COc1cccc(S(=O)(=O)Nc2ccc(C(=O)N3CCC[C@H](C(=O)NC(C)C)C3)cc2)c1. The van der Waals surface area contributed by atoms with E-state index in [0.717, 1.165) is 12.8 Å². The van der Waals surface area contributed by atoms with Crippen LogP contribution in [0, 0.1) is 5.92 Å². The first-order chi connectivity index (χ1) is 15.2. The van der Waals surface area contributed by atoms with E-state index < -0.39 is 10.0 Å². The summed E-state index contributed by atoms with van der Waals surface area (Å²) in [6.07, 6.45) is 1.52. The van der Waals surface area contributed by atoms with Gasteiger partial charge in [-0.05, 0) is 63.1 Å². The van der Waals surface area contributed by atoms with Gasteiger partial charge >= 0.3 is 0 Å². The largest absolute Gasteiger partial charge is 0.497 e. The summed E-state index contributed by atoms with van der Waals surface area (Å²) in [6.45, 7) is 4.79. The van der Waals surface area contributed by atoms with Gasteiger partial charge in [0, 0.05) is 36.4 Å². The third-order valence-corrected chi connectivity index (χ3v) is 6.62. The number of likely N-dealkylation sites (tertiary alicyclic amines) is 1. The van der Waals surface area contributed by atoms with Crippen LogP contribution in [0.5, 0.6) is 5.75 Å². The highest BCUT2D eigenvalue weighted by atomic mass is 32.2. The molecule has 0 radical (unpaired) electrons. The molecule has 0 bridgehead atoms. The predicted molar refractivity (Wildman–Crippen MR) is 122 cm³/mol. The first-order valence-corrected chi connectivity index (χ1v) is 12.0. The third kappa shape index (κ3) is 5.79. The molecule has 1 heterocycles. The molecule has 172 valence electrons. The van der Waals surface area contributed by atoms with Crippen LogP contribution in [0.2, 0.25) is 0 Å². The molecule has 0 spiro atoms. The lowest BCUT2D eigenvalue weighted by molar-refractivity contribution is -0.126. The van der Waals surface area contributed by atoms with Gasteiger partial charge in [-0.15, -0.1) is 0 Å². The number of rotatable bonds is 7. The summed E-state index contributed by atoms with van der Waals surface area (Å²) in [5.74, 6) is 0.0221. The first kappa shape index (κ1) is 23.6. The summed E-state index contributed by atoms with van der Waals surface area (Å²) in [7, 11) is -2.33. The van der Waals surface area contributed by atoms with Crippen molar-refractivity contribution in [1.29, 1.82) is 0 Å². The summed E-state index contributed by atoms with van der Waals surface area (Å²) >= 11 is 0. The van der Waals surface area contributed by atoms with E-state index >= 15 is 0 Å². The molecular formula is C23H29N3O5S. The summed E-state index contributed by atoms with van der Waals surface area (Å²) in [6, 6.07) is 12.5. The maximum absolute atomic E-state index is 12.9. The fraction of sp³-hybridized carbons (Fsp3) is 0.391. The van der Waals surface area contributed by atoms with Crippen LogP contribution >= 0.6 is 0 Å². The second-order valence-electron chi connectivity index (χ2n) is 8.12. The molecule has 2 amide bonds. The number of ether oxygens (including phenoxy) is 1. The molecule has 1 aliphatic heterocycles. The third-order valence-electron chi connectivity index (χ3n) is 5.25. The molecule has 2 aromatic rings. The zero-order chi connectivity index (χ0) is 23.3. The number of hydrogen-bond donors (Lipinski definition) is 2. The fourth-order valence-electron chi connectivity index (χ4n) is 3.62. The number of hydrogen-bond acceptors (Lipinski definition) is 5. The Balaban J connectivity index is 1.67. The minimum absolute atomic E-state index is 0.0280. The van der Waals surface area contributed by atoms with E-state index in [1.54, 1.807) is 41.3 Å². The number of piperidine rings is 1. The molecule has 0 unspecified atom stereocenters. The van der Waals surface area contributed by atoms with Crippen LogP contribution in [-0.4, -0.2) is 51.4 Å². The first-order valence-electron chi connectivity index (χ1n) is 10.6. The van der Waals surface area contributed by atoms with Crippen molar-refractivity contribution in [3.05, 3.63) is 54.1 Å². The molecule has 1 atom stereocenters. The Labute approximate surface area is 189 Å². The van der Waals surface area contributed by atoms with Crippen molar-refractivity contribution in [2.24, 2.45) is 5.92 Å². The van der Waals surface area contributed by atoms with Gasteiger partial charge in [0.25, 0.3) is 15.9 Å². The van der Waals surface area contributed by atoms with Gasteiger partial charge in [0.15, 0.2) is 0 Å². The average molecular weight is 460 g/mol. The second-order valence-corrected chi connectivity index (χ2v) is 9.80. The molecule has 32 heavy (non-hydrogen) atoms. The standard InChI is InChI=1S/C23H29N3O5S/c1-16(2)24-22(27)18-6-5-13-26(15-18)23(28)17-9-11-19(12-10-17)25-32(29,30)21-8-4-7-20(14-21)31-3/h4,7-12,14,16,18,25H,5-6,13,15H2,1-3H3,(H,24,27)/t18-/m0/s1. The lowest BCUT2D eigenvalue weighted by Crippen LogP contribution is -2.46. The lowest BCUT2D eigenvalue weighted by atomic mass is 9.96. The van der Waals surface area contributed by atoms with Crippen LogP contribution in [0.15, 0.2) is 53.4 Å². The van der Waals surface area contributed by atoms with Crippen LogP contribution in [0.25, 0.3) is 0 Å². The molecule has 0 saturated carbocycles. The number of methoxy groups -OCH3 is 1. The molecule has 3 rings (SSSR count). The van der Waals surface area contributed by atoms with E-state index in [1.807, 2.05) is 13.8 Å². The van der Waals surface area contributed by atoms with Gasteiger partial charge in [0.1, 0.15) is 5.75 Å². The van der Waals surface area contributed by atoms with Crippen molar-refractivity contribution >= 4 is 27.5 Å². The van der Waals surface area contributed by atoms with Crippen molar-refractivity contribution in [3.63, 3.8) is 0 Å². The highest BCUT2D eigenvalue weighted by Crippen LogP contribution is 2.22. The minimum atomic E-state index is -3.80. The van der Waals surface area contributed by atoms with Gasteiger partial charge in [-0.1, -0.05) is 6.07 Å². The Hall–Kier alpha value is -3.07. The number of sulfonamides is 1. The Morgan fingerprint density at radius 2 is 1.84 bits per heavy atom. The highest BCUT2D eigenvalue weighted by molar-refractivity contribution is 7.92. The maximum Gasteiger partial charge on any atom is 0.262 e. The normalized spacial score (nSPS) is 16.5. The van der Waals surface area contributed by atoms with Crippen LogP contribution < -0.4 is 14.8 Å². The predicted octanol–water partition coefficient (Wildman–Crippen LogP) is 2.87. The van der Waals surface area contributed by atoms with Gasteiger partial charge < -0.3 is 15.0 Å². The minimum Gasteiger partial charge on any atom is -0.497 e. The van der Waals surface area contributed by atoms with E-state index in [9.17, 15) is 18.0 Å². The van der Waals surface area contributed by atoms with Gasteiger partial charge in [0.2, 0.25) is 5.91 Å². The van der Waals surface area contributed by atoms with E-state index in [1.165, 1.54) is 19.2 Å². The number of benzene rings is 2. The van der Waals surface area contributed by atoms with E-state index in [0.29, 0.717) is 30.1 Å². The summed E-state index contributed by atoms with van der Waals surface area (Å²) < 4.78 is 32.9. The molecule has 1 fully saturated rings. The number of carbonyl (C=O) groups is 2. The number of anilines is 1. The van der Waals surface area contributed by atoms with Gasteiger partial charge in [0.05, 0.1) is 17.9 Å². The number of nitrogens with zero attached hydrogens (tertiary/aromatic N) is 1. The topological polar surface area (TPSA) is 105 Å². The average Bonchev–Trinajstić information content (AvgIpc) is 2.78. The summed E-state index contributed by atoms with van der Waals surface area (Å²) in [5.41, 5.74) is 0.788. The maximum atomic E-state index is 12.9. The molecule has 8 nitrogen and oxygen atoms in total. The number of nitrogens with one attached hydrogen (secondary N) is 2. The molecule has 0 aliphatic carbocycles. The van der Waals surface area contributed by atoms with Crippen molar-refractivity contribution in [3.8, 4) is 5.75 Å². The Kier molecular flexibility index (Phi) is 7.40. The fourth-order valence-corrected chi connectivity index (χ4v) is 4.72. The zero-order valence-corrected chi connectivity index (χ0v) is 19.3. The van der Waals surface area contributed by atoms with Crippen LogP contribution in [0.3, 0.4) is 0 Å². The number of amides is 2. The number of carbonyl (C=O) groups excluding carboxylic acids is 2. The van der Waals surface area contributed by atoms with E-state index in [-0.39, 0.29) is 28.7 Å². The van der Waals surface area contributed by atoms with Crippen molar-refractivity contribution < 1.29 is 22.7 Å². The molecule has 1 saturated heterocycles. The highest BCUT2D eigenvalue weighted by Gasteiger charge is 2.29. The smallest absolute Gasteiger partial charge is 0.262 e. The summed E-state index contributed by atoms with van der Waals surface area (Å²) in [5, 5.41) is 2.91. The van der Waals surface area contributed by atoms with Crippen molar-refractivity contribution in [2.75, 3.05) is 24.9 Å².